The summed E-state index contributed by atoms with van der Waals surface area (Å²) in [7, 11) is 0. The van der Waals surface area contributed by atoms with Gasteiger partial charge in [0.25, 0.3) is 0 Å². The van der Waals surface area contributed by atoms with Gasteiger partial charge in [0.1, 0.15) is 5.82 Å². The second-order valence-corrected chi connectivity index (χ2v) is 7.78. The molecule has 1 atom stereocenters. The molecule has 0 aliphatic carbocycles. The number of rotatable bonds is 7. The molecule has 5 heteroatoms. The van der Waals surface area contributed by atoms with Gasteiger partial charge in [0, 0.05) is 57.5 Å². The zero-order valence-electron chi connectivity index (χ0n) is 17.7. The lowest BCUT2D eigenvalue weighted by molar-refractivity contribution is 0.486. The minimum absolute atomic E-state index is 0.583. The minimum atomic E-state index is 0.583. The molecule has 1 saturated heterocycles. The largest absolute Gasteiger partial charge is 0.357 e. The highest BCUT2D eigenvalue weighted by Crippen LogP contribution is 2.26. The summed E-state index contributed by atoms with van der Waals surface area (Å²) in [5.74, 6) is 2.69. The van der Waals surface area contributed by atoms with Crippen LogP contribution in [0.5, 0.6) is 0 Å². The molecule has 0 radical (unpaired) electrons. The van der Waals surface area contributed by atoms with Gasteiger partial charge in [-0.05, 0) is 24.5 Å². The van der Waals surface area contributed by atoms with Crippen LogP contribution in [-0.4, -0.2) is 46.6 Å². The normalized spacial score (nSPS) is 16.8. The highest BCUT2D eigenvalue weighted by Gasteiger charge is 2.25. The van der Waals surface area contributed by atoms with Crippen molar-refractivity contribution in [2.45, 2.75) is 32.2 Å². The van der Waals surface area contributed by atoms with Gasteiger partial charge in [0.05, 0.1) is 0 Å². The van der Waals surface area contributed by atoms with Crippen molar-refractivity contribution in [2.75, 3.05) is 26.2 Å². The summed E-state index contributed by atoms with van der Waals surface area (Å²) in [4.78, 5) is 11.9. The molecule has 5 nitrogen and oxygen atoms in total. The predicted molar refractivity (Wildman–Crippen MR) is 123 cm³/mol. The number of guanidine groups is 1. The molecule has 156 valence electrons. The molecular weight excluding hydrogens is 370 g/mol. The average molecular weight is 402 g/mol. The van der Waals surface area contributed by atoms with Crippen LogP contribution in [0.4, 0.5) is 0 Å². The van der Waals surface area contributed by atoms with Crippen molar-refractivity contribution in [3.8, 4) is 0 Å². The summed E-state index contributed by atoms with van der Waals surface area (Å²) in [6, 6.07) is 21.4. The van der Waals surface area contributed by atoms with Crippen LogP contribution >= 0.6 is 0 Å². The van der Waals surface area contributed by atoms with E-state index in [1.165, 1.54) is 17.5 Å². The Morgan fingerprint density at radius 1 is 1.10 bits per heavy atom. The molecule has 2 heterocycles. The van der Waals surface area contributed by atoms with Crippen molar-refractivity contribution in [1.29, 1.82) is 0 Å². The van der Waals surface area contributed by atoms with Gasteiger partial charge in [-0.1, -0.05) is 60.7 Å². The Morgan fingerprint density at radius 3 is 2.63 bits per heavy atom. The van der Waals surface area contributed by atoms with Gasteiger partial charge in [-0.15, -0.1) is 0 Å². The Hall–Kier alpha value is -3.08. The quantitative estimate of drug-likeness (QED) is 0.482. The number of nitrogens with zero attached hydrogens (tertiary/aromatic N) is 4. The van der Waals surface area contributed by atoms with E-state index in [9.17, 15) is 0 Å². The van der Waals surface area contributed by atoms with Gasteiger partial charge < -0.3 is 14.8 Å². The Morgan fingerprint density at radius 2 is 1.87 bits per heavy atom. The zero-order chi connectivity index (χ0) is 20.6. The molecule has 1 fully saturated rings. The molecule has 0 bridgehead atoms. The highest BCUT2D eigenvalue weighted by molar-refractivity contribution is 5.80. The first-order valence-corrected chi connectivity index (χ1v) is 11.0. The molecule has 30 heavy (non-hydrogen) atoms. The molecule has 2 aromatic carbocycles. The second-order valence-electron chi connectivity index (χ2n) is 7.78. The van der Waals surface area contributed by atoms with E-state index >= 15 is 0 Å². The van der Waals surface area contributed by atoms with E-state index in [2.05, 4.69) is 93.6 Å². The lowest BCUT2D eigenvalue weighted by Crippen LogP contribution is -2.40. The third-order valence-corrected chi connectivity index (χ3v) is 5.69. The molecule has 0 saturated carbocycles. The highest BCUT2D eigenvalue weighted by atomic mass is 15.3. The van der Waals surface area contributed by atoms with E-state index in [0.717, 1.165) is 50.9 Å². The Kier molecular flexibility index (Phi) is 6.80. The van der Waals surface area contributed by atoms with E-state index in [0.29, 0.717) is 5.92 Å². The molecular formula is C25H31N5. The average Bonchev–Trinajstić information content (AvgIpc) is 3.45. The van der Waals surface area contributed by atoms with Crippen molar-refractivity contribution >= 4 is 5.96 Å². The van der Waals surface area contributed by atoms with Crippen molar-refractivity contribution in [2.24, 2.45) is 4.99 Å². The van der Waals surface area contributed by atoms with E-state index < -0.39 is 0 Å². The van der Waals surface area contributed by atoms with Crippen molar-refractivity contribution in [1.82, 2.24) is 19.8 Å². The SMILES string of the molecule is CCNC(=NCCc1nccn1Cc1ccccc1)N1CCC(c2ccccc2)C1. The number of hydrogen-bond acceptors (Lipinski definition) is 2. The Balaban J connectivity index is 1.37. The maximum absolute atomic E-state index is 4.92. The van der Waals surface area contributed by atoms with Crippen LogP contribution in [0.25, 0.3) is 0 Å². The van der Waals surface area contributed by atoms with Gasteiger partial charge in [-0.2, -0.15) is 0 Å². The Labute approximate surface area is 179 Å². The molecule has 1 unspecified atom stereocenters. The molecule has 0 spiro atoms. The van der Waals surface area contributed by atoms with Gasteiger partial charge in [0.2, 0.25) is 0 Å². The fraction of sp³-hybridized carbons (Fsp3) is 0.360. The smallest absolute Gasteiger partial charge is 0.193 e. The number of imidazole rings is 1. The lowest BCUT2D eigenvalue weighted by atomic mass is 9.99. The van der Waals surface area contributed by atoms with E-state index in [4.69, 9.17) is 4.99 Å². The fourth-order valence-electron chi connectivity index (χ4n) is 4.13. The van der Waals surface area contributed by atoms with Crippen LogP contribution in [-0.2, 0) is 13.0 Å². The van der Waals surface area contributed by atoms with Crippen LogP contribution in [0.15, 0.2) is 78.0 Å². The summed E-state index contributed by atoms with van der Waals surface area (Å²) in [5.41, 5.74) is 2.72. The van der Waals surface area contributed by atoms with Gasteiger partial charge in [-0.25, -0.2) is 4.98 Å². The van der Waals surface area contributed by atoms with Crippen molar-refractivity contribution in [3.63, 3.8) is 0 Å². The zero-order valence-corrected chi connectivity index (χ0v) is 17.7. The van der Waals surface area contributed by atoms with Crippen LogP contribution in [0.3, 0.4) is 0 Å². The topological polar surface area (TPSA) is 45.5 Å². The van der Waals surface area contributed by atoms with Gasteiger partial charge >= 0.3 is 0 Å². The third-order valence-electron chi connectivity index (χ3n) is 5.69. The second kappa shape index (κ2) is 10.1. The molecule has 1 aliphatic rings. The van der Waals surface area contributed by atoms with Gasteiger partial charge in [0.15, 0.2) is 5.96 Å². The number of aliphatic imine (C=N–C) groups is 1. The molecule has 1 aromatic heterocycles. The predicted octanol–water partition coefficient (Wildman–Crippen LogP) is 3.93. The monoisotopic (exact) mass is 401 g/mol. The van der Waals surface area contributed by atoms with Gasteiger partial charge in [-0.3, -0.25) is 4.99 Å². The lowest BCUT2D eigenvalue weighted by Gasteiger charge is -2.21. The summed E-state index contributed by atoms with van der Waals surface area (Å²) in [6.07, 6.45) is 5.96. The maximum Gasteiger partial charge on any atom is 0.193 e. The van der Waals surface area contributed by atoms with Crippen LogP contribution < -0.4 is 5.32 Å². The number of hydrogen-bond donors (Lipinski definition) is 1. The molecule has 3 aromatic rings. The number of nitrogens with one attached hydrogen (secondary N) is 1. The molecule has 4 rings (SSSR count). The van der Waals surface area contributed by atoms with Crippen molar-refractivity contribution < 1.29 is 0 Å². The summed E-state index contributed by atoms with van der Waals surface area (Å²) < 4.78 is 2.22. The maximum atomic E-state index is 4.92. The first-order chi connectivity index (χ1) is 14.8. The van der Waals surface area contributed by atoms with Crippen LogP contribution in [0.1, 0.15) is 36.2 Å². The number of aromatic nitrogens is 2. The van der Waals surface area contributed by atoms with E-state index in [1.807, 2.05) is 6.20 Å². The summed E-state index contributed by atoms with van der Waals surface area (Å²) >= 11 is 0. The van der Waals surface area contributed by atoms with Crippen LogP contribution in [0.2, 0.25) is 0 Å². The number of likely N-dealkylation sites (tertiary alicyclic amines) is 1. The summed E-state index contributed by atoms with van der Waals surface area (Å²) in [6.45, 7) is 6.68. The first-order valence-electron chi connectivity index (χ1n) is 11.0. The standard InChI is InChI=1S/C25H31N5/c1-2-26-25(30-17-14-23(20-30)22-11-7-4-8-12-22)28-15-13-24-27-16-18-29(24)19-21-9-5-3-6-10-21/h3-12,16,18,23H,2,13-15,17,19-20H2,1H3,(H,26,28). The van der Waals surface area contributed by atoms with Crippen LogP contribution in [0, 0.1) is 0 Å². The fourth-order valence-corrected chi connectivity index (χ4v) is 4.13. The first kappa shape index (κ1) is 20.2. The third kappa shape index (κ3) is 5.09. The Bertz CT molecular complexity index is 932. The molecule has 0 amide bonds. The minimum Gasteiger partial charge on any atom is -0.357 e. The van der Waals surface area contributed by atoms with E-state index in [1.54, 1.807) is 0 Å². The van der Waals surface area contributed by atoms with Crippen molar-refractivity contribution in [3.05, 3.63) is 90.0 Å². The molecule has 1 aliphatic heterocycles. The molecule has 1 N–H and O–H groups in total. The number of benzene rings is 2. The summed E-state index contributed by atoms with van der Waals surface area (Å²) in [5, 5.41) is 3.48. The van der Waals surface area contributed by atoms with E-state index in [-0.39, 0.29) is 0 Å².